The van der Waals surface area contributed by atoms with Crippen LogP contribution in [0.25, 0.3) is 11.0 Å². The number of benzene rings is 2. The zero-order chi connectivity index (χ0) is 41.3. The van der Waals surface area contributed by atoms with E-state index in [-0.39, 0.29) is 24.8 Å². The Labute approximate surface area is 330 Å². The normalized spacial score (nSPS) is 20.9. The molecule has 57 heavy (non-hydrogen) atoms. The fraction of sp³-hybridized carbons (Fsp3) is 0.512. The Morgan fingerprint density at radius 2 is 1.40 bits per heavy atom. The van der Waals surface area contributed by atoms with E-state index >= 15 is 0 Å². The van der Waals surface area contributed by atoms with Gasteiger partial charge < -0.3 is 48.4 Å². The zero-order valence-corrected chi connectivity index (χ0v) is 33.1. The summed E-state index contributed by atoms with van der Waals surface area (Å²) < 4.78 is 40.2. The monoisotopic (exact) mass is 793 g/mol. The molecule has 2 fully saturated rings. The van der Waals surface area contributed by atoms with E-state index in [0.29, 0.717) is 54.8 Å². The van der Waals surface area contributed by atoms with E-state index in [9.17, 15) is 28.8 Å². The Kier molecular flexibility index (Phi) is 14.3. The predicted octanol–water partition coefficient (Wildman–Crippen LogP) is 2.94. The molecule has 2 N–H and O–H groups in total. The summed E-state index contributed by atoms with van der Waals surface area (Å²) in [5.74, 6) is -2.16. The number of fused-ring (bicyclic) bond motifs is 1. The average Bonchev–Trinajstić information content (AvgIpc) is 3.58. The highest BCUT2D eigenvalue weighted by Gasteiger charge is 2.53. The van der Waals surface area contributed by atoms with Gasteiger partial charge in [-0.2, -0.15) is 0 Å². The summed E-state index contributed by atoms with van der Waals surface area (Å²) in [6.07, 6.45) is -4.66. The van der Waals surface area contributed by atoms with Crippen molar-refractivity contribution in [2.24, 2.45) is 0 Å². The van der Waals surface area contributed by atoms with E-state index in [4.69, 9.17) is 32.8 Å². The smallest absolute Gasteiger partial charge is 0.303 e. The van der Waals surface area contributed by atoms with E-state index in [1.165, 1.54) is 6.92 Å². The molecule has 2 aliphatic heterocycles. The third-order valence-corrected chi connectivity index (χ3v) is 9.48. The van der Waals surface area contributed by atoms with Crippen LogP contribution in [0.15, 0.2) is 52.9 Å². The number of ether oxygens (including phenoxy) is 6. The zero-order valence-electron chi connectivity index (χ0n) is 33.1. The summed E-state index contributed by atoms with van der Waals surface area (Å²) in [5, 5.41) is 6.72. The molecule has 5 rings (SSSR count). The van der Waals surface area contributed by atoms with Gasteiger partial charge in [-0.05, 0) is 56.0 Å². The summed E-state index contributed by atoms with van der Waals surface area (Å²) in [6, 6.07) is 15.0. The van der Waals surface area contributed by atoms with Gasteiger partial charge in [0.15, 0.2) is 12.2 Å². The molecule has 3 aromatic rings. The van der Waals surface area contributed by atoms with Crippen LogP contribution in [0.3, 0.4) is 0 Å². The third kappa shape index (κ3) is 11.8. The average molecular weight is 794 g/mol. The molecule has 0 saturated carbocycles. The van der Waals surface area contributed by atoms with Gasteiger partial charge in [0.05, 0.1) is 5.39 Å². The minimum atomic E-state index is -1.40. The van der Waals surface area contributed by atoms with Crippen molar-refractivity contribution < 1.29 is 61.6 Å². The Morgan fingerprint density at radius 3 is 2.04 bits per heavy atom. The molecule has 0 spiro atoms. The number of esters is 4. The molecule has 16 heteroatoms. The second-order valence-electron chi connectivity index (χ2n) is 14.6. The number of carbonyl (C=O) groups is 6. The van der Waals surface area contributed by atoms with Gasteiger partial charge in [0.25, 0.3) is 0 Å². The lowest BCUT2D eigenvalue weighted by molar-refractivity contribution is -0.288. The molecule has 0 aliphatic carbocycles. The van der Waals surface area contributed by atoms with Gasteiger partial charge in [-0.25, -0.2) is 0 Å². The van der Waals surface area contributed by atoms with Crippen LogP contribution >= 0.6 is 0 Å². The summed E-state index contributed by atoms with van der Waals surface area (Å²) >= 11 is 0. The number of amides is 2. The van der Waals surface area contributed by atoms with Gasteiger partial charge >= 0.3 is 23.9 Å². The van der Waals surface area contributed by atoms with Gasteiger partial charge in [-0.15, -0.1) is 0 Å². The van der Waals surface area contributed by atoms with E-state index < -0.39 is 60.1 Å². The molecule has 16 nitrogen and oxygen atoms in total. The molecule has 0 radical (unpaired) electrons. The molecule has 308 valence electrons. The van der Waals surface area contributed by atoms with E-state index in [1.807, 2.05) is 30.3 Å². The summed E-state index contributed by atoms with van der Waals surface area (Å²) in [7, 11) is 0. The highest BCUT2D eigenvalue weighted by molar-refractivity contribution is 5.91. The minimum Gasteiger partial charge on any atom is -0.463 e. The fourth-order valence-electron chi connectivity index (χ4n) is 6.85. The summed E-state index contributed by atoms with van der Waals surface area (Å²) in [4.78, 5) is 75.8. The Balaban J connectivity index is 1.23. The van der Waals surface area contributed by atoms with Crippen molar-refractivity contribution in [2.75, 3.05) is 32.8 Å². The SMILES string of the molecule is CC(=O)OC[C@H]1O[C@@H](Oc2cccc3oc(CCc4ccc(CCC(=O)NC(C)(C)C(=O)N5CCNCC5)cc4)cc23)[C@H](OC(C)=O)[C@@H](OC(C)=O)[C@@H]1OC(C)=O. The molecule has 0 unspecified atom stereocenters. The molecule has 2 amide bonds. The first kappa shape index (κ1) is 42.7. The van der Waals surface area contributed by atoms with Gasteiger partial charge in [0, 0.05) is 66.7 Å². The maximum Gasteiger partial charge on any atom is 0.303 e. The van der Waals surface area contributed by atoms with Gasteiger partial charge in [0.1, 0.15) is 35.3 Å². The first-order valence-corrected chi connectivity index (χ1v) is 19.0. The van der Waals surface area contributed by atoms with E-state index in [2.05, 4.69) is 10.6 Å². The number of hydrogen-bond acceptors (Lipinski definition) is 14. The predicted molar refractivity (Wildman–Crippen MR) is 203 cm³/mol. The largest absolute Gasteiger partial charge is 0.463 e. The second-order valence-corrected chi connectivity index (χ2v) is 14.6. The van der Waals surface area contributed by atoms with Crippen LogP contribution in [0.5, 0.6) is 5.75 Å². The van der Waals surface area contributed by atoms with Crippen molar-refractivity contribution in [1.82, 2.24) is 15.5 Å². The van der Waals surface area contributed by atoms with Crippen LogP contribution in [-0.4, -0.2) is 110 Å². The lowest BCUT2D eigenvalue weighted by atomic mass is 9.98. The molecular weight excluding hydrogens is 742 g/mol. The fourth-order valence-corrected chi connectivity index (χ4v) is 6.85. The van der Waals surface area contributed by atoms with Crippen molar-refractivity contribution >= 4 is 46.7 Å². The standard InChI is InChI=1S/C41H51N3O13/c1-24(45)51-23-34-36(52-25(2)46)37(53-26(3)47)38(54-27(4)48)39(57-34)56-33-9-7-8-32-31(33)22-30(55-32)16-14-28-10-12-29(13-11-28)15-17-35(49)43-41(5,6)40(50)44-20-18-42-19-21-44/h7-13,22,34,36-39,42H,14-21,23H2,1-6H3,(H,43,49)/t34-,36-,37+,38-,39-/m1/s1. The molecule has 0 bridgehead atoms. The van der Waals surface area contributed by atoms with Crippen molar-refractivity contribution in [3.63, 3.8) is 0 Å². The van der Waals surface area contributed by atoms with Gasteiger partial charge in [-0.3, -0.25) is 28.8 Å². The number of carbonyl (C=O) groups excluding carboxylic acids is 6. The molecule has 5 atom stereocenters. The van der Waals surface area contributed by atoms with E-state index in [1.54, 1.807) is 36.9 Å². The van der Waals surface area contributed by atoms with Crippen molar-refractivity contribution in [2.45, 2.75) is 103 Å². The second kappa shape index (κ2) is 19.1. The number of nitrogens with zero attached hydrogens (tertiary/aromatic N) is 1. The van der Waals surface area contributed by atoms with Crippen molar-refractivity contribution in [1.29, 1.82) is 0 Å². The number of piperazine rings is 1. The van der Waals surface area contributed by atoms with Crippen molar-refractivity contribution in [3.8, 4) is 5.75 Å². The molecular formula is C41H51N3O13. The van der Waals surface area contributed by atoms with Crippen LogP contribution in [-0.2, 0) is 71.7 Å². The van der Waals surface area contributed by atoms with Gasteiger partial charge in [-0.1, -0.05) is 30.3 Å². The molecule has 1 aromatic heterocycles. The van der Waals surface area contributed by atoms with E-state index in [0.717, 1.165) is 45.0 Å². The van der Waals surface area contributed by atoms with Crippen LogP contribution in [0.4, 0.5) is 0 Å². The lowest BCUT2D eigenvalue weighted by Crippen LogP contribution is -2.63. The highest BCUT2D eigenvalue weighted by Crippen LogP contribution is 2.35. The maximum absolute atomic E-state index is 13.0. The minimum absolute atomic E-state index is 0.0859. The molecule has 2 aliphatic rings. The van der Waals surface area contributed by atoms with Crippen LogP contribution in [0.1, 0.15) is 64.9 Å². The van der Waals surface area contributed by atoms with Gasteiger partial charge in [0.2, 0.25) is 24.2 Å². The molecule has 2 saturated heterocycles. The number of aryl methyl sites for hydroxylation is 3. The first-order chi connectivity index (χ1) is 27.1. The lowest BCUT2D eigenvalue weighted by Gasteiger charge is -2.43. The van der Waals surface area contributed by atoms with Crippen molar-refractivity contribution in [3.05, 3.63) is 65.4 Å². The number of hydrogen-bond donors (Lipinski definition) is 2. The summed E-state index contributed by atoms with van der Waals surface area (Å²) in [5.41, 5.74) is 1.57. The number of furan rings is 1. The molecule has 3 heterocycles. The Bertz CT molecular complexity index is 1920. The van der Waals surface area contributed by atoms with Crippen LogP contribution in [0, 0.1) is 0 Å². The highest BCUT2D eigenvalue weighted by atomic mass is 16.7. The number of nitrogens with one attached hydrogen (secondary N) is 2. The Hall–Kier alpha value is -5.48. The molecule has 2 aromatic carbocycles. The van der Waals surface area contributed by atoms with Crippen LogP contribution in [0.2, 0.25) is 0 Å². The Morgan fingerprint density at radius 1 is 0.789 bits per heavy atom. The third-order valence-electron chi connectivity index (χ3n) is 9.48. The quantitative estimate of drug-likeness (QED) is 0.168. The van der Waals surface area contributed by atoms with Crippen LogP contribution < -0.4 is 15.4 Å². The maximum atomic E-state index is 13.0. The first-order valence-electron chi connectivity index (χ1n) is 19.0. The summed E-state index contributed by atoms with van der Waals surface area (Å²) in [6.45, 7) is 10.5. The number of rotatable bonds is 15. The topological polar surface area (TPSA) is 198 Å².